The number of aromatic nitrogens is 5. The number of hydrogen-bond acceptors (Lipinski definition) is 8. The molecule has 0 N–H and O–H groups in total. The van der Waals surface area contributed by atoms with Gasteiger partial charge in [0.2, 0.25) is 0 Å². The second-order valence-corrected chi connectivity index (χ2v) is 9.90. The number of carbonyl (C=O) groups is 1. The molecule has 0 radical (unpaired) electrons. The number of alkyl halides is 3. The molecule has 0 aliphatic carbocycles. The highest BCUT2D eigenvalue weighted by atomic mass is 19.4. The Labute approximate surface area is 219 Å². The molecule has 0 aromatic carbocycles. The molecule has 3 aromatic rings. The van der Waals surface area contributed by atoms with E-state index in [9.17, 15) is 27.6 Å². The maximum atomic E-state index is 14.4. The fourth-order valence-electron chi connectivity index (χ4n) is 5.47. The summed E-state index contributed by atoms with van der Waals surface area (Å²) in [5.74, 6) is -1.80. The summed E-state index contributed by atoms with van der Waals surface area (Å²) >= 11 is 0. The summed E-state index contributed by atoms with van der Waals surface area (Å²) in [6.07, 6.45) is 3.96. The van der Waals surface area contributed by atoms with Crippen molar-refractivity contribution >= 4 is 17.9 Å². The van der Waals surface area contributed by atoms with Crippen molar-refractivity contribution in [2.75, 3.05) is 26.2 Å². The summed E-state index contributed by atoms with van der Waals surface area (Å²) in [6.45, 7) is 1.72. The molecular weight excluding hydrogens is 518 g/mol. The van der Waals surface area contributed by atoms with Crippen molar-refractivity contribution in [2.24, 2.45) is 4.99 Å². The number of carbonyl (C=O) groups excluding carboxylic acids is 1. The van der Waals surface area contributed by atoms with Crippen molar-refractivity contribution in [2.45, 2.75) is 37.0 Å². The quantitative estimate of drug-likeness (QED) is 0.358. The predicted molar refractivity (Wildman–Crippen MR) is 128 cm³/mol. The second kappa shape index (κ2) is 9.19. The number of hydrogen-bond donors (Lipinski definition) is 0. The van der Waals surface area contributed by atoms with E-state index in [1.807, 2.05) is 10.9 Å². The van der Waals surface area contributed by atoms with Crippen molar-refractivity contribution in [3.8, 4) is 17.3 Å². The Balaban J connectivity index is 1.11. The Morgan fingerprint density at radius 1 is 1.18 bits per heavy atom. The molecule has 200 valence electrons. The third-order valence-corrected chi connectivity index (χ3v) is 7.58. The third kappa shape index (κ3) is 4.22. The summed E-state index contributed by atoms with van der Waals surface area (Å²) in [5, 5.41) is 14.1. The minimum absolute atomic E-state index is 0.113. The zero-order valence-electron chi connectivity index (χ0n) is 20.4. The molecule has 0 saturated carbocycles. The smallest absolute Gasteiger partial charge is 0.338 e. The number of fused-ring (bicyclic) bond motifs is 1. The van der Waals surface area contributed by atoms with Crippen LogP contribution in [0.2, 0.25) is 0 Å². The number of pyridine rings is 1. The van der Waals surface area contributed by atoms with Gasteiger partial charge in [-0.05, 0) is 18.9 Å². The minimum Gasteiger partial charge on any atom is -0.338 e. The van der Waals surface area contributed by atoms with Crippen LogP contribution in [0.15, 0.2) is 36.0 Å². The van der Waals surface area contributed by atoms with Crippen LogP contribution in [0.1, 0.15) is 40.9 Å². The normalized spacial score (nSPS) is 18.7. The van der Waals surface area contributed by atoms with Crippen LogP contribution in [0.25, 0.3) is 11.3 Å². The molecule has 10 nitrogen and oxygen atoms in total. The van der Waals surface area contributed by atoms with E-state index in [0.717, 1.165) is 29.1 Å². The van der Waals surface area contributed by atoms with Gasteiger partial charge >= 0.3 is 6.18 Å². The molecule has 3 aromatic heterocycles. The number of amides is 1. The Kier molecular flexibility index (Phi) is 5.91. The highest BCUT2D eigenvalue weighted by Crippen LogP contribution is 2.38. The van der Waals surface area contributed by atoms with Gasteiger partial charge < -0.3 is 4.90 Å². The van der Waals surface area contributed by atoms with E-state index in [4.69, 9.17) is 0 Å². The molecule has 2 fully saturated rings. The van der Waals surface area contributed by atoms with Crippen molar-refractivity contribution in [3.05, 3.63) is 53.6 Å². The monoisotopic (exact) mass is 539 g/mol. The van der Waals surface area contributed by atoms with Gasteiger partial charge in [0.05, 0.1) is 35.5 Å². The maximum absolute atomic E-state index is 14.4. The van der Waals surface area contributed by atoms with Gasteiger partial charge in [-0.25, -0.2) is 24.3 Å². The van der Waals surface area contributed by atoms with Gasteiger partial charge in [0.1, 0.15) is 11.9 Å². The number of nitriles is 1. The Bertz CT molecular complexity index is 1510. The highest BCUT2D eigenvalue weighted by molar-refractivity contribution is 6.00. The Morgan fingerprint density at radius 2 is 1.95 bits per heavy atom. The van der Waals surface area contributed by atoms with Gasteiger partial charge in [0.15, 0.2) is 17.3 Å². The van der Waals surface area contributed by atoms with Crippen LogP contribution < -0.4 is 0 Å². The molecule has 6 rings (SSSR count). The Hall–Kier alpha value is -4.25. The fraction of sp³-hybridized carbons (Fsp3) is 0.400. The van der Waals surface area contributed by atoms with Crippen molar-refractivity contribution in [1.29, 1.82) is 5.26 Å². The van der Waals surface area contributed by atoms with Crippen LogP contribution in [0.5, 0.6) is 0 Å². The minimum atomic E-state index is -4.99. The zero-order chi connectivity index (χ0) is 27.4. The highest BCUT2D eigenvalue weighted by Gasteiger charge is 2.48. The molecular formula is C25H21F4N9O. The first-order valence-corrected chi connectivity index (χ1v) is 12.3. The summed E-state index contributed by atoms with van der Waals surface area (Å²) in [4.78, 5) is 32.0. The first-order valence-electron chi connectivity index (χ1n) is 12.3. The average Bonchev–Trinajstić information content (AvgIpc) is 3.36. The molecule has 39 heavy (non-hydrogen) atoms. The first kappa shape index (κ1) is 25.1. The lowest BCUT2D eigenvalue weighted by Gasteiger charge is -2.53. The summed E-state index contributed by atoms with van der Waals surface area (Å²) in [6, 6.07) is 3.35. The molecule has 0 unspecified atom stereocenters. The maximum Gasteiger partial charge on any atom is 0.436 e. The lowest BCUT2D eigenvalue weighted by Crippen LogP contribution is -2.66. The lowest BCUT2D eigenvalue weighted by molar-refractivity contribution is -0.143. The molecule has 0 atom stereocenters. The average molecular weight is 539 g/mol. The molecule has 14 heteroatoms. The van der Waals surface area contributed by atoms with E-state index in [1.54, 1.807) is 12.4 Å². The SMILES string of the molecule is N#CCC1(n2cc(-c3ncnc4c3C=N4)cn2)CN(C2CCN(C(=O)c3ccnc(C(F)(F)F)c3F)CC2)C1. The third-order valence-electron chi connectivity index (χ3n) is 7.58. The summed E-state index contributed by atoms with van der Waals surface area (Å²) < 4.78 is 55.3. The molecule has 0 spiro atoms. The van der Waals surface area contributed by atoms with Gasteiger partial charge in [0.25, 0.3) is 5.91 Å². The van der Waals surface area contributed by atoms with E-state index in [0.29, 0.717) is 31.7 Å². The molecule has 6 heterocycles. The molecule has 0 bridgehead atoms. The molecule has 3 aliphatic heterocycles. The molecule has 1 amide bonds. The van der Waals surface area contributed by atoms with Crippen LogP contribution in [0.3, 0.4) is 0 Å². The second-order valence-electron chi connectivity index (χ2n) is 9.90. The summed E-state index contributed by atoms with van der Waals surface area (Å²) in [5.41, 5.74) is -0.450. The Morgan fingerprint density at radius 3 is 2.62 bits per heavy atom. The number of aliphatic imine (C=N–C) groups is 1. The van der Waals surface area contributed by atoms with E-state index in [1.165, 1.54) is 11.2 Å². The van der Waals surface area contributed by atoms with Gasteiger partial charge in [-0.1, -0.05) is 0 Å². The van der Waals surface area contributed by atoms with E-state index >= 15 is 0 Å². The number of piperidine rings is 1. The standard InChI is InChI=1S/C25H21F4N9O/c26-19-17(1-6-31-21(19)25(27,28)29)23(39)36-7-2-16(3-8-36)37-12-24(13-37,4-5-30)38-11-15(9-35-38)20-18-10-32-22(18)34-14-33-20/h1,6,9-11,14,16H,2-4,7-8,12-13H2. The number of nitrogens with zero attached hydrogens (tertiary/aromatic N) is 9. The predicted octanol–water partition coefficient (Wildman–Crippen LogP) is 3.19. The van der Waals surface area contributed by atoms with E-state index in [2.05, 4.69) is 36.0 Å². The zero-order valence-corrected chi connectivity index (χ0v) is 20.4. The van der Waals surface area contributed by atoms with Crippen molar-refractivity contribution < 1.29 is 22.4 Å². The number of halogens is 4. The van der Waals surface area contributed by atoms with E-state index < -0.39 is 34.7 Å². The first-order chi connectivity index (χ1) is 18.7. The largest absolute Gasteiger partial charge is 0.436 e. The van der Waals surface area contributed by atoms with Crippen LogP contribution in [0, 0.1) is 17.1 Å². The number of rotatable bonds is 5. The van der Waals surface area contributed by atoms with Gasteiger partial charge in [-0.2, -0.15) is 23.5 Å². The van der Waals surface area contributed by atoms with E-state index in [-0.39, 0.29) is 25.6 Å². The van der Waals surface area contributed by atoms with Crippen molar-refractivity contribution in [1.82, 2.24) is 34.5 Å². The van der Waals surface area contributed by atoms with Crippen LogP contribution in [-0.4, -0.2) is 78.9 Å². The fourth-order valence-corrected chi connectivity index (χ4v) is 5.47. The molecule has 3 aliphatic rings. The molecule has 2 saturated heterocycles. The van der Waals surface area contributed by atoms with Gasteiger partial charge in [0, 0.05) is 56.4 Å². The summed E-state index contributed by atoms with van der Waals surface area (Å²) in [7, 11) is 0. The van der Waals surface area contributed by atoms with Crippen LogP contribution in [0.4, 0.5) is 23.4 Å². The van der Waals surface area contributed by atoms with Gasteiger partial charge in [-0.3, -0.25) is 14.4 Å². The van der Waals surface area contributed by atoms with Crippen LogP contribution in [-0.2, 0) is 11.7 Å². The van der Waals surface area contributed by atoms with Crippen LogP contribution >= 0.6 is 0 Å². The number of likely N-dealkylation sites (tertiary alicyclic amines) is 2. The topological polar surface area (TPSA) is 116 Å². The lowest BCUT2D eigenvalue weighted by atomic mass is 9.83. The van der Waals surface area contributed by atoms with Crippen molar-refractivity contribution in [3.63, 3.8) is 0 Å². The van der Waals surface area contributed by atoms with Gasteiger partial charge in [-0.15, -0.1) is 0 Å².